The minimum absolute atomic E-state index is 0.297. The highest BCUT2D eigenvalue weighted by Gasteiger charge is 2.16. The van der Waals surface area contributed by atoms with Gasteiger partial charge in [-0.1, -0.05) is 6.07 Å². The van der Waals surface area contributed by atoms with Crippen LogP contribution in [0.1, 0.15) is 10.5 Å². The van der Waals surface area contributed by atoms with Crippen LogP contribution in [0.3, 0.4) is 0 Å². The van der Waals surface area contributed by atoms with Crippen molar-refractivity contribution in [3.8, 4) is 0 Å². The number of hydrogen-bond donors (Lipinski definition) is 1. The van der Waals surface area contributed by atoms with E-state index in [0.29, 0.717) is 16.8 Å². The lowest BCUT2D eigenvalue weighted by molar-refractivity contribution is 0.0598. The first-order valence-corrected chi connectivity index (χ1v) is 4.73. The van der Waals surface area contributed by atoms with E-state index in [2.05, 4.69) is 9.11 Å². The molecule has 0 unspecified atom stereocenters. The third kappa shape index (κ3) is 1.22. The van der Waals surface area contributed by atoms with Gasteiger partial charge in [-0.05, 0) is 23.7 Å². The van der Waals surface area contributed by atoms with Gasteiger partial charge in [0.2, 0.25) is 0 Å². The zero-order valence-corrected chi connectivity index (χ0v) is 8.30. The summed E-state index contributed by atoms with van der Waals surface area (Å²) in [5, 5.41) is 0.685. The zero-order valence-electron chi connectivity index (χ0n) is 7.48. The lowest BCUT2D eigenvalue weighted by atomic mass is 10.2. The maximum Gasteiger partial charge on any atom is 0.358 e. The van der Waals surface area contributed by atoms with Crippen LogP contribution >= 0.6 is 11.5 Å². The van der Waals surface area contributed by atoms with Crippen molar-refractivity contribution in [2.24, 2.45) is 0 Å². The molecular formula is C9H8N2O2S. The lowest BCUT2D eigenvalue weighted by Gasteiger charge is -1.97. The van der Waals surface area contributed by atoms with Crippen molar-refractivity contribution in [2.75, 3.05) is 12.8 Å². The van der Waals surface area contributed by atoms with E-state index in [1.54, 1.807) is 6.07 Å². The van der Waals surface area contributed by atoms with Crippen LogP contribution in [-0.2, 0) is 4.74 Å². The number of aromatic nitrogens is 1. The van der Waals surface area contributed by atoms with Crippen LogP contribution in [-0.4, -0.2) is 17.5 Å². The first-order chi connectivity index (χ1) is 6.74. The van der Waals surface area contributed by atoms with E-state index in [-0.39, 0.29) is 0 Å². The third-order valence-corrected chi connectivity index (χ3v) is 2.72. The Bertz CT molecular complexity index is 493. The second kappa shape index (κ2) is 3.26. The number of hydrogen-bond acceptors (Lipinski definition) is 5. The first kappa shape index (κ1) is 8.96. The van der Waals surface area contributed by atoms with E-state index in [1.165, 1.54) is 18.6 Å². The SMILES string of the molecule is COC(=O)c1nsc2cccc(N)c12. The second-order valence-electron chi connectivity index (χ2n) is 2.74. The Morgan fingerprint density at radius 1 is 1.57 bits per heavy atom. The molecule has 0 aliphatic rings. The van der Waals surface area contributed by atoms with Gasteiger partial charge in [0.05, 0.1) is 17.2 Å². The Morgan fingerprint density at radius 2 is 2.36 bits per heavy atom. The molecule has 5 heteroatoms. The Morgan fingerprint density at radius 3 is 3.07 bits per heavy atom. The number of nitrogens with zero attached hydrogens (tertiary/aromatic N) is 1. The molecule has 2 N–H and O–H groups in total. The van der Waals surface area contributed by atoms with Gasteiger partial charge >= 0.3 is 5.97 Å². The lowest BCUT2D eigenvalue weighted by Crippen LogP contribution is -2.02. The van der Waals surface area contributed by atoms with Gasteiger partial charge in [0.15, 0.2) is 5.69 Å². The molecule has 2 aromatic rings. The molecule has 0 atom stereocenters. The number of anilines is 1. The molecule has 0 saturated carbocycles. The number of carbonyl (C=O) groups is 1. The number of nitrogens with two attached hydrogens (primary N) is 1. The molecule has 1 aromatic carbocycles. The Hall–Kier alpha value is -1.62. The van der Waals surface area contributed by atoms with Crippen molar-refractivity contribution in [1.29, 1.82) is 0 Å². The van der Waals surface area contributed by atoms with Crippen LogP contribution in [0, 0.1) is 0 Å². The molecule has 0 fully saturated rings. The van der Waals surface area contributed by atoms with Gasteiger partial charge < -0.3 is 10.5 Å². The predicted molar refractivity (Wildman–Crippen MR) is 55.4 cm³/mol. The number of carbonyl (C=O) groups excluding carboxylic acids is 1. The highest BCUT2D eigenvalue weighted by molar-refractivity contribution is 7.13. The van der Waals surface area contributed by atoms with Gasteiger partial charge in [-0.3, -0.25) is 0 Å². The first-order valence-electron chi connectivity index (χ1n) is 3.96. The Balaban J connectivity index is 2.73. The van der Waals surface area contributed by atoms with E-state index in [1.807, 2.05) is 12.1 Å². The van der Waals surface area contributed by atoms with E-state index < -0.39 is 5.97 Å². The summed E-state index contributed by atoms with van der Waals surface area (Å²) in [7, 11) is 1.33. The number of ether oxygens (including phenoxy) is 1. The fraction of sp³-hybridized carbons (Fsp3) is 0.111. The van der Waals surface area contributed by atoms with Crippen LogP contribution in [0.15, 0.2) is 18.2 Å². The molecule has 1 heterocycles. The number of fused-ring (bicyclic) bond motifs is 1. The average molecular weight is 208 g/mol. The van der Waals surface area contributed by atoms with Crippen LogP contribution < -0.4 is 5.73 Å². The number of nitrogen functional groups attached to an aromatic ring is 1. The van der Waals surface area contributed by atoms with Crippen molar-refractivity contribution in [3.63, 3.8) is 0 Å². The molecule has 0 saturated heterocycles. The van der Waals surface area contributed by atoms with Gasteiger partial charge in [0.1, 0.15) is 0 Å². The van der Waals surface area contributed by atoms with Gasteiger partial charge in [0, 0.05) is 5.69 Å². The van der Waals surface area contributed by atoms with Crippen molar-refractivity contribution in [1.82, 2.24) is 4.37 Å². The molecular weight excluding hydrogens is 200 g/mol. The second-order valence-corrected chi connectivity index (χ2v) is 3.55. The number of rotatable bonds is 1. The molecule has 0 aliphatic heterocycles. The largest absolute Gasteiger partial charge is 0.464 e. The maximum absolute atomic E-state index is 11.3. The molecule has 0 bridgehead atoms. The van der Waals surface area contributed by atoms with E-state index in [0.717, 1.165) is 4.70 Å². The number of methoxy groups -OCH3 is 1. The summed E-state index contributed by atoms with van der Waals surface area (Å²) in [4.78, 5) is 11.3. The molecule has 2 rings (SSSR count). The maximum atomic E-state index is 11.3. The van der Waals surface area contributed by atoms with Crippen LogP contribution in [0.25, 0.3) is 10.1 Å². The summed E-state index contributed by atoms with van der Waals surface area (Å²) in [6.07, 6.45) is 0. The molecule has 1 aromatic heterocycles. The van der Waals surface area contributed by atoms with E-state index in [9.17, 15) is 4.79 Å². The molecule has 14 heavy (non-hydrogen) atoms. The van der Waals surface area contributed by atoms with Crippen molar-refractivity contribution >= 4 is 33.3 Å². The van der Waals surface area contributed by atoms with Gasteiger partial charge in [0.25, 0.3) is 0 Å². The summed E-state index contributed by atoms with van der Waals surface area (Å²) in [5.74, 6) is -0.450. The quantitative estimate of drug-likeness (QED) is 0.571. The van der Waals surface area contributed by atoms with Crippen LogP contribution in [0.5, 0.6) is 0 Å². The molecule has 0 amide bonds. The molecule has 72 valence electrons. The summed E-state index contributed by atoms with van der Waals surface area (Å²) in [6.45, 7) is 0. The smallest absolute Gasteiger partial charge is 0.358 e. The standard InChI is InChI=1S/C9H8N2O2S/c1-13-9(12)8-7-5(10)3-2-4-6(7)14-11-8/h2-4H,10H2,1H3. The summed E-state index contributed by atoms with van der Waals surface area (Å²) in [5.41, 5.74) is 6.60. The highest BCUT2D eigenvalue weighted by atomic mass is 32.1. The monoisotopic (exact) mass is 208 g/mol. The van der Waals surface area contributed by atoms with Crippen molar-refractivity contribution in [3.05, 3.63) is 23.9 Å². The fourth-order valence-corrected chi connectivity index (χ4v) is 2.05. The summed E-state index contributed by atoms with van der Waals surface area (Å²) < 4.78 is 9.52. The zero-order chi connectivity index (χ0) is 10.1. The highest BCUT2D eigenvalue weighted by Crippen LogP contribution is 2.28. The van der Waals surface area contributed by atoms with Crippen LogP contribution in [0.2, 0.25) is 0 Å². The fourth-order valence-electron chi connectivity index (χ4n) is 1.25. The van der Waals surface area contributed by atoms with Gasteiger partial charge in [-0.25, -0.2) is 4.79 Å². The summed E-state index contributed by atoms with van der Waals surface area (Å²) >= 11 is 1.24. The minimum Gasteiger partial charge on any atom is -0.464 e. The predicted octanol–water partition coefficient (Wildman–Crippen LogP) is 1.67. The molecule has 0 aliphatic carbocycles. The summed E-state index contributed by atoms with van der Waals surface area (Å²) in [6, 6.07) is 5.44. The van der Waals surface area contributed by atoms with E-state index >= 15 is 0 Å². The van der Waals surface area contributed by atoms with Crippen molar-refractivity contribution < 1.29 is 9.53 Å². The van der Waals surface area contributed by atoms with E-state index in [4.69, 9.17) is 5.73 Å². The number of benzene rings is 1. The Labute approximate surface area is 84.5 Å². The normalized spacial score (nSPS) is 10.4. The Kier molecular flexibility index (Phi) is 2.09. The van der Waals surface area contributed by atoms with Gasteiger partial charge in [-0.2, -0.15) is 4.37 Å². The average Bonchev–Trinajstić information content (AvgIpc) is 2.62. The topological polar surface area (TPSA) is 65.2 Å². The third-order valence-electron chi connectivity index (χ3n) is 1.91. The molecule has 4 nitrogen and oxygen atoms in total. The minimum atomic E-state index is -0.450. The number of esters is 1. The van der Waals surface area contributed by atoms with Crippen LogP contribution in [0.4, 0.5) is 5.69 Å². The molecule has 0 spiro atoms. The molecule has 0 radical (unpaired) electrons. The van der Waals surface area contributed by atoms with Gasteiger partial charge in [-0.15, -0.1) is 0 Å². The van der Waals surface area contributed by atoms with Crippen molar-refractivity contribution in [2.45, 2.75) is 0 Å².